The Labute approximate surface area is 119 Å². The highest BCUT2D eigenvalue weighted by Gasteiger charge is 2.18. The monoisotopic (exact) mass is 264 g/mol. The number of hydrogen-bond donors (Lipinski definition) is 0. The van der Waals surface area contributed by atoms with Crippen molar-refractivity contribution < 1.29 is 4.79 Å². The number of rotatable bonds is 4. The molecule has 100 valence electrons. The van der Waals surface area contributed by atoms with Crippen LogP contribution in [0.3, 0.4) is 0 Å². The van der Waals surface area contributed by atoms with Crippen molar-refractivity contribution in [1.29, 1.82) is 5.26 Å². The average molecular weight is 264 g/mol. The van der Waals surface area contributed by atoms with Crippen molar-refractivity contribution in [2.24, 2.45) is 0 Å². The van der Waals surface area contributed by atoms with Crippen LogP contribution in [-0.4, -0.2) is 12.5 Å². The molecule has 0 bridgehead atoms. The number of nitriles is 1. The van der Waals surface area contributed by atoms with Crippen molar-refractivity contribution in [2.75, 3.05) is 11.4 Å². The number of amides is 1. The number of anilines is 1. The van der Waals surface area contributed by atoms with E-state index in [1.165, 1.54) is 0 Å². The van der Waals surface area contributed by atoms with Crippen LogP contribution in [0.15, 0.2) is 54.6 Å². The van der Waals surface area contributed by atoms with E-state index < -0.39 is 0 Å². The van der Waals surface area contributed by atoms with Crippen LogP contribution in [0.25, 0.3) is 0 Å². The van der Waals surface area contributed by atoms with Crippen molar-refractivity contribution in [3.05, 3.63) is 65.7 Å². The molecule has 0 aromatic heterocycles. The second-order valence-electron chi connectivity index (χ2n) is 4.52. The van der Waals surface area contributed by atoms with E-state index in [-0.39, 0.29) is 5.91 Å². The standard InChI is InChI=1S/C17H16N2O/c1-14-8-5-6-11-16(14)17(20)19(13-7-12-18)15-9-3-2-4-10-15/h2-6,8-11H,7,13H2,1H3. The SMILES string of the molecule is Cc1ccccc1C(=O)N(CCC#N)c1ccccc1. The van der Waals surface area contributed by atoms with Gasteiger partial charge in [-0.1, -0.05) is 36.4 Å². The van der Waals surface area contributed by atoms with E-state index >= 15 is 0 Å². The number of hydrogen-bond acceptors (Lipinski definition) is 2. The molecule has 0 saturated carbocycles. The summed E-state index contributed by atoms with van der Waals surface area (Å²) in [4.78, 5) is 14.3. The van der Waals surface area contributed by atoms with E-state index in [1.807, 2.05) is 61.5 Å². The molecule has 3 nitrogen and oxygen atoms in total. The fraction of sp³-hybridized carbons (Fsp3) is 0.176. The summed E-state index contributed by atoms with van der Waals surface area (Å²) in [5, 5.41) is 8.78. The summed E-state index contributed by atoms with van der Waals surface area (Å²) in [5.74, 6) is -0.0652. The summed E-state index contributed by atoms with van der Waals surface area (Å²) < 4.78 is 0. The van der Waals surface area contributed by atoms with Gasteiger partial charge in [0, 0.05) is 17.8 Å². The van der Waals surface area contributed by atoms with Crippen molar-refractivity contribution in [1.82, 2.24) is 0 Å². The molecule has 3 heteroatoms. The summed E-state index contributed by atoms with van der Waals surface area (Å²) in [6, 6.07) is 19.0. The number of carbonyl (C=O) groups is 1. The van der Waals surface area contributed by atoms with Crippen molar-refractivity contribution in [2.45, 2.75) is 13.3 Å². The molecular formula is C17H16N2O. The molecular weight excluding hydrogens is 248 g/mol. The summed E-state index contributed by atoms with van der Waals surface area (Å²) >= 11 is 0. The first kappa shape index (κ1) is 13.8. The Morgan fingerprint density at radius 2 is 1.75 bits per heavy atom. The highest BCUT2D eigenvalue weighted by Crippen LogP contribution is 2.19. The molecule has 0 unspecified atom stereocenters. The number of carbonyl (C=O) groups excluding carboxylic acids is 1. The molecule has 0 saturated heterocycles. The largest absolute Gasteiger partial charge is 0.307 e. The van der Waals surface area contributed by atoms with Gasteiger partial charge in [-0.2, -0.15) is 5.26 Å². The Balaban J connectivity index is 2.35. The van der Waals surface area contributed by atoms with E-state index in [2.05, 4.69) is 6.07 Å². The number of nitrogens with zero attached hydrogens (tertiary/aromatic N) is 2. The molecule has 20 heavy (non-hydrogen) atoms. The van der Waals surface area contributed by atoms with Crippen LogP contribution in [0.5, 0.6) is 0 Å². The second kappa shape index (κ2) is 6.53. The van der Waals surface area contributed by atoms with E-state index in [9.17, 15) is 4.79 Å². The molecule has 0 atom stereocenters. The van der Waals surface area contributed by atoms with Crippen LogP contribution in [0, 0.1) is 18.3 Å². The molecule has 0 fully saturated rings. The maximum absolute atomic E-state index is 12.7. The van der Waals surface area contributed by atoms with Gasteiger partial charge in [-0.3, -0.25) is 4.79 Å². The first-order chi connectivity index (χ1) is 9.74. The van der Waals surface area contributed by atoms with E-state index in [0.717, 1.165) is 11.3 Å². The lowest BCUT2D eigenvalue weighted by Crippen LogP contribution is -2.32. The molecule has 0 aliphatic rings. The molecule has 0 aliphatic carbocycles. The van der Waals surface area contributed by atoms with Gasteiger partial charge in [-0.05, 0) is 30.7 Å². The first-order valence-corrected chi connectivity index (χ1v) is 6.53. The number of para-hydroxylation sites is 1. The summed E-state index contributed by atoms with van der Waals surface area (Å²) in [6.07, 6.45) is 0.312. The maximum Gasteiger partial charge on any atom is 0.258 e. The molecule has 2 rings (SSSR count). The zero-order valence-corrected chi connectivity index (χ0v) is 11.4. The highest BCUT2D eigenvalue weighted by atomic mass is 16.2. The first-order valence-electron chi connectivity index (χ1n) is 6.53. The number of aryl methyl sites for hydroxylation is 1. The molecule has 0 heterocycles. The lowest BCUT2D eigenvalue weighted by molar-refractivity contribution is 0.0987. The van der Waals surface area contributed by atoms with Gasteiger partial charge >= 0.3 is 0 Å². The van der Waals surface area contributed by atoms with Crippen LogP contribution in [0.4, 0.5) is 5.69 Å². The Morgan fingerprint density at radius 1 is 1.10 bits per heavy atom. The quantitative estimate of drug-likeness (QED) is 0.847. The zero-order chi connectivity index (χ0) is 14.4. The molecule has 0 N–H and O–H groups in total. The van der Waals surface area contributed by atoms with Crippen LogP contribution < -0.4 is 4.90 Å². The number of benzene rings is 2. The third-order valence-electron chi connectivity index (χ3n) is 3.14. The van der Waals surface area contributed by atoms with Crippen LogP contribution in [-0.2, 0) is 0 Å². The molecule has 0 radical (unpaired) electrons. The Morgan fingerprint density at radius 3 is 2.40 bits per heavy atom. The third-order valence-corrected chi connectivity index (χ3v) is 3.14. The minimum atomic E-state index is -0.0652. The fourth-order valence-electron chi connectivity index (χ4n) is 2.08. The van der Waals surface area contributed by atoms with Gasteiger partial charge < -0.3 is 4.90 Å². The second-order valence-corrected chi connectivity index (χ2v) is 4.52. The smallest absolute Gasteiger partial charge is 0.258 e. The summed E-state index contributed by atoms with van der Waals surface area (Å²) in [7, 11) is 0. The molecule has 2 aromatic carbocycles. The Kier molecular flexibility index (Phi) is 4.52. The van der Waals surface area contributed by atoms with Gasteiger partial charge in [0.2, 0.25) is 0 Å². The predicted molar refractivity (Wildman–Crippen MR) is 79.5 cm³/mol. The fourth-order valence-corrected chi connectivity index (χ4v) is 2.08. The molecule has 2 aromatic rings. The minimum absolute atomic E-state index is 0.0652. The van der Waals surface area contributed by atoms with E-state index in [1.54, 1.807) is 4.90 Å². The van der Waals surface area contributed by atoms with E-state index in [0.29, 0.717) is 18.5 Å². The third kappa shape index (κ3) is 3.04. The lowest BCUT2D eigenvalue weighted by atomic mass is 10.1. The van der Waals surface area contributed by atoms with Crippen LogP contribution in [0.1, 0.15) is 22.3 Å². The summed E-state index contributed by atoms with van der Waals surface area (Å²) in [6.45, 7) is 2.31. The Hall–Kier alpha value is -2.60. The molecule has 0 spiro atoms. The van der Waals surface area contributed by atoms with Crippen molar-refractivity contribution >= 4 is 11.6 Å². The average Bonchev–Trinajstić information content (AvgIpc) is 2.49. The Bertz CT molecular complexity index is 629. The van der Waals surface area contributed by atoms with Gasteiger partial charge in [-0.15, -0.1) is 0 Å². The normalized spacial score (nSPS) is 9.80. The van der Waals surface area contributed by atoms with Crippen LogP contribution in [0.2, 0.25) is 0 Å². The maximum atomic E-state index is 12.7. The van der Waals surface area contributed by atoms with Gasteiger partial charge in [0.1, 0.15) is 0 Å². The lowest BCUT2D eigenvalue weighted by Gasteiger charge is -2.22. The van der Waals surface area contributed by atoms with Gasteiger partial charge in [0.05, 0.1) is 12.5 Å². The minimum Gasteiger partial charge on any atom is -0.307 e. The van der Waals surface area contributed by atoms with Gasteiger partial charge in [0.25, 0.3) is 5.91 Å². The van der Waals surface area contributed by atoms with Gasteiger partial charge in [-0.25, -0.2) is 0 Å². The van der Waals surface area contributed by atoms with Crippen molar-refractivity contribution in [3.8, 4) is 6.07 Å². The van der Waals surface area contributed by atoms with Crippen molar-refractivity contribution in [3.63, 3.8) is 0 Å². The van der Waals surface area contributed by atoms with Crippen LogP contribution >= 0.6 is 0 Å². The predicted octanol–water partition coefficient (Wildman–Crippen LogP) is 3.56. The highest BCUT2D eigenvalue weighted by molar-refractivity contribution is 6.07. The van der Waals surface area contributed by atoms with E-state index in [4.69, 9.17) is 5.26 Å². The molecule has 1 amide bonds. The van der Waals surface area contributed by atoms with Gasteiger partial charge in [0.15, 0.2) is 0 Å². The zero-order valence-electron chi connectivity index (χ0n) is 11.4. The topological polar surface area (TPSA) is 44.1 Å². The summed E-state index contributed by atoms with van der Waals surface area (Å²) in [5.41, 5.74) is 2.43. The molecule has 0 aliphatic heterocycles.